The highest BCUT2D eigenvalue weighted by Gasteiger charge is 2.40. The van der Waals surface area contributed by atoms with Crippen LogP contribution in [0.15, 0.2) is 97.1 Å². The first-order chi connectivity index (χ1) is 15.1. The average molecular weight is 399 g/mol. The molecule has 0 fully saturated rings. The standard InChI is InChI=1S/C29H22N2/c1-29(2)23-18-17-19-11-9-10-16-22(19)24(23)27-25(29)26(20-12-5-3-6-13-20)30-28(31-27)21-14-7-4-8-15-21/h3-18H,1-2H3. The van der Waals surface area contributed by atoms with Gasteiger partial charge < -0.3 is 0 Å². The molecule has 2 heteroatoms. The number of fused-ring (bicyclic) bond motifs is 5. The van der Waals surface area contributed by atoms with E-state index in [1.165, 1.54) is 27.5 Å². The van der Waals surface area contributed by atoms with E-state index in [0.29, 0.717) is 0 Å². The first kappa shape index (κ1) is 18.0. The monoisotopic (exact) mass is 398 g/mol. The van der Waals surface area contributed by atoms with E-state index in [1.807, 2.05) is 18.2 Å². The smallest absolute Gasteiger partial charge is 0.160 e. The molecule has 2 nitrogen and oxygen atoms in total. The fraction of sp³-hybridized carbons (Fsp3) is 0.103. The molecule has 4 aromatic carbocycles. The van der Waals surface area contributed by atoms with Crippen LogP contribution in [0.25, 0.3) is 44.7 Å². The van der Waals surface area contributed by atoms with Crippen molar-refractivity contribution in [2.75, 3.05) is 0 Å². The third-order valence-corrected chi connectivity index (χ3v) is 6.45. The second-order valence-corrected chi connectivity index (χ2v) is 8.69. The van der Waals surface area contributed by atoms with Gasteiger partial charge in [0, 0.05) is 27.7 Å². The Balaban J connectivity index is 1.76. The minimum absolute atomic E-state index is 0.185. The quantitative estimate of drug-likeness (QED) is 0.312. The lowest BCUT2D eigenvalue weighted by Crippen LogP contribution is -2.17. The highest BCUT2D eigenvalue weighted by atomic mass is 14.9. The predicted octanol–water partition coefficient (Wildman–Crippen LogP) is 7.27. The lowest BCUT2D eigenvalue weighted by molar-refractivity contribution is 0.658. The van der Waals surface area contributed by atoms with E-state index in [1.54, 1.807) is 0 Å². The Bertz CT molecular complexity index is 1430. The summed E-state index contributed by atoms with van der Waals surface area (Å²) in [5.74, 6) is 0.773. The van der Waals surface area contributed by atoms with Crippen LogP contribution in [0.3, 0.4) is 0 Å². The topological polar surface area (TPSA) is 25.8 Å². The van der Waals surface area contributed by atoms with Gasteiger partial charge in [0.25, 0.3) is 0 Å². The maximum Gasteiger partial charge on any atom is 0.160 e. The van der Waals surface area contributed by atoms with Gasteiger partial charge in [0.05, 0.1) is 11.4 Å². The van der Waals surface area contributed by atoms with Gasteiger partial charge in [-0.05, 0) is 16.3 Å². The van der Waals surface area contributed by atoms with Gasteiger partial charge >= 0.3 is 0 Å². The summed E-state index contributed by atoms with van der Waals surface area (Å²) in [6.07, 6.45) is 0. The van der Waals surface area contributed by atoms with Crippen molar-refractivity contribution in [2.24, 2.45) is 0 Å². The van der Waals surface area contributed by atoms with E-state index in [2.05, 4.69) is 92.7 Å². The Morgan fingerprint density at radius 1 is 0.581 bits per heavy atom. The Kier molecular flexibility index (Phi) is 3.85. The van der Waals surface area contributed by atoms with Gasteiger partial charge in [0.15, 0.2) is 5.82 Å². The highest BCUT2D eigenvalue weighted by molar-refractivity contribution is 6.02. The molecule has 1 aliphatic carbocycles. The Hall–Kier alpha value is -3.78. The van der Waals surface area contributed by atoms with Gasteiger partial charge in [-0.25, -0.2) is 9.97 Å². The minimum atomic E-state index is -0.185. The van der Waals surface area contributed by atoms with Crippen molar-refractivity contribution in [2.45, 2.75) is 19.3 Å². The zero-order chi connectivity index (χ0) is 21.0. The molecule has 31 heavy (non-hydrogen) atoms. The lowest BCUT2D eigenvalue weighted by Gasteiger charge is -2.24. The molecule has 0 saturated carbocycles. The van der Waals surface area contributed by atoms with Crippen molar-refractivity contribution in [3.63, 3.8) is 0 Å². The number of hydrogen-bond donors (Lipinski definition) is 0. The maximum absolute atomic E-state index is 5.19. The van der Waals surface area contributed by atoms with Crippen molar-refractivity contribution in [1.82, 2.24) is 9.97 Å². The summed E-state index contributed by atoms with van der Waals surface area (Å²) < 4.78 is 0. The second-order valence-electron chi connectivity index (χ2n) is 8.69. The number of hydrogen-bond acceptors (Lipinski definition) is 2. The van der Waals surface area contributed by atoms with E-state index in [-0.39, 0.29) is 5.41 Å². The lowest BCUT2D eigenvalue weighted by atomic mass is 9.80. The van der Waals surface area contributed by atoms with Crippen molar-refractivity contribution < 1.29 is 0 Å². The molecule has 0 N–H and O–H groups in total. The van der Waals surface area contributed by atoms with Crippen LogP contribution in [0.5, 0.6) is 0 Å². The fourth-order valence-corrected chi connectivity index (χ4v) is 4.94. The molecular weight excluding hydrogens is 376 g/mol. The molecule has 0 saturated heterocycles. The van der Waals surface area contributed by atoms with E-state index in [4.69, 9.17) is 9.97 Å². The minimum Gasteiger partial charge on any atom is -0.228 e. The van der Waals surface area contributed by atoms with E-state index in [0.717, 1.165) is 28.3 Å². The Morgan fingerprint density at radius 2 is 1.19 bits per heavy atom. The van der Waals surface area contributed by atoms with Gasteiger partial charge in [-0.1, -0.05) is 111 Å². The van der Waals surface area contributed by atoms with Crippen molar-refractivity contribution in [1.29, 1.82) is 0 Å². The van der Waals surface area contributed by atoms with Crippen LogP contribution in [0.1, 0.15) is 25.0 Å². The third-order valence-electron chi connectivity index (χ3n) is 6.45. The highest BCUT2D eigenvalue weighted by Crippen LogP contribution is 2.53. The molecule has 1 aliphatic rings. The summed E-state index contributed by atoms with van der Waals surface area (Å²) in [6, 6.07) is 33.9. The molecule has 0 atom stereocenters. The first-order valence-electron chi connectivity index (χ1n) is 10.7. The van der Waals surface area contributed by atoms with Crippen LogP contribution in [0.4, 0.5) is 0 Å². The zero-order valence-electron chi connectivity index (χ0n) is 17.6. The van der Waals surface area contributed by atoms with Gasteiger partial charge in [0.1, 0.15) is 0 Å². The van der Waals surface area contributed by atoms with Gasteiger partial charge in [-0.3, -0.25) is 0 Å². The fourth-order valence-electron chi connectivity index (χ4n) is 4.94. The summed E-state index contributed by atoms with van der Waals surface area (Å²) in [4.78, 5) is 10.3. The molecule has 0 bridgehead atoms. The van der Waals surface area contributed by atoms with Gasteiger partial charge in [-0.15, -0.1) is 0 Å². The van der Waals surface area contributed by atoms with Crippen LogP contribution in [0.2, 0.25) is 0 Å². The SMILES string of the molecule is CC1(C)c2ccc3ccccc3c2-c2nc(-c3ccccc3)nc(-c3ccccc3)c21. The predicted molar refractivity (Wildman–Crippen MR) is 128 cm³/mol. The van der Waals surface area contributed by atoms with Crippen LogP contribution in [0, 0.1) is 0 Å². The van der Waals surface area contributed by atoms with E-state index >= 15 is 0 Å². The zero-order valence-corrected chi connectivity index (χ0v) is 17.6. The molecular formula is C29H22N2. The third kappa shape index (κ3) is 2.65. The molecule has 1 aromatic heterocycles. The number of rotatable bonds is 2. The van der Waals surface area contributed by atoms with Crippen molar-refractivity contribution >= 4 is 10.8 Å². The number of nitrogens with zero attached hydrogens (tertiary/aromatic N) is 2. The van der Waals surface area contributed by atoms with E-state index < -0.39 is 0 Å². The van der Waals surface area contributed by atoms with Crippen LogP contribution in [-0.2, 0) is 5.41 Å². The summed E-state index contributed by atoms with van der Waals surface area (Å²) in [5, 5.41) is 2.49. The summed E-state index contributed by atoms with van der Waals surface area (Å²) >= 11 is 0. The summed E-state index contributed by atoms with van der Waals surface area (Å²) in [7, 11) is 0. The molecule has 0 unspecified atom stereocenters. The Morgan fingerprint density at radius 3 is 1.94 bits per heavy atom. The normalized spacial score (nSPS) is 13.7. The van der Waals surface area contributed by atoms with Crippen molar-refractivity contribution in [3.05, 3.63) is 108 Å². The summed E-state index contributed by atoms with van der Waals surface area (Å²) in [6.45, 7) is 4.59. The first-order valence-corrected chi connectivity index (χ1v) is 10.7. The number of aromatic nitrogens is 2. The van der Waals surface area contributed by atoms with Crippen LogP contribution < -0.4 is 0 Å². The molecule has 6 rings (SSSR count). The molecule has 0 radical (unpaired) electrons. The molecule has 5 aromatic rings. The number of benzene rings is 4. The Labute approximate surface area is 182 Å². The van der Waals surface area contributed by atoms with Gasteiger partial charge in [0.2, 0.25) is 0 Å². The summed E-state index contributed by atoms with van der Waals surface area (Å²) in [5.41, 5.74) is 7.84. The van der Waals surface area contributed by atoms with Gasteiger partial charge in [-0.2, -0.15) is 0 Å². The molecule has 1 heterocycles. The van der Waals surface area contributed by atoms with Crippen LogP contribution in [-0.4, -0.2) is 9.97 Å². The largest absolute Gasteiger partial charge is 0.228 e. The average Bonchev–Trinajstić information content (AvgIpc) is 3.07. The van der Waals surface area contributed by atoms with Crippen LogP contribution >= 0.6 is 0 Å². The molecule has 0 amide bonds. The molecule has 148 valence electrons. The van der Waals surface area contributed by atoms with Crippen molar-refractivity contribution in [3.8, 4) is 33.9 Å². The molecule has 0 aliphatic heterocycles. The maximum atomic E-state index is 5.19. The second kappa shape index (κ2) is 6.61. The van der Waals surface area contributed by atoms with E-state index in [9.17, 15) is 0 Å². The molecule has 0 spiro atoms.